The first-order valence-corrected chi connectivity index (χ1v) is 12.5. The maximum atomic E-state index is 12.9. The molecular formula is C25H30N4O2S. The van der Waals surface area contributed by atoms with Gasteiger partial charge in [0.15, 0.2) is 5.13 Å². The number of aromatic nitrogens is 2. The van der Waals surface area contributed by atoms with Gasteiger partial charge in [0.1, 0.15) is 5.69 Å². The molecule has 32 heavy (non-hydrogen) atoms. The van der Waals surface area contributed by atoms with E-state index >= 15 is 0 Å². The highest BCUT2D eigenvalue weighted by Crippen LogP contribution is 2.37. The van der Waals surface area contributed by atoms with E-state index in [1.54, 1.807) is 0 Å². The Labute approximate surface area is 193 Å². The number of thiazole rings is 1. The molecule has 6 nitrogen and oxygen atoms in total. The molecule has 0 bridgehead atoms. The normalized spacial score (nSPS) is 20.7. The Kier molecular flexibility index (Phi) is 6.55. The van der Waals surface area contributed by atoms with Crippen molar-refractivity contribution in [3.63, 3.8) is 0 Å². The number of nitrogens with one attached hydrogen (secondary N) is 1. The van der Waals surface area contributed by atoms with Gasteiger partial charge in [-0.05, 0) is 62.3 Å². The second-order valence-corrected chi connectivity index (χ2v) is 9.54. The number of amides is 1. The van der Waals surface area contributed by atoms with Crippen molar-refractivity contribution < 1.29 is 9.53 Å². The van der Waals surface area contributed by atoms with Crippen LogP contribution in [0.5, 0.6) is 0 Å². The van der Waals surface area contributed by atoms with Gasteiger partial charge in [-0.1, -0.05) is 18.2 Å². The number of ether oxygens (including phenoxy) is 1. The molecule has 2 unspecified atom stereocenters. The highest BCUT2D eigenvalue weighted by molar-refractivity contribution is 7.14. The first kappa shape index (κ1) is 21.2. The molecule has 1 aromatic carbocycles. The highest BCUT2D eigenvalue weighted by atomic mass is 32.1. The van der Waals surface area contributed by atoms with Gasteiger partial charge >= 0.3 is 0 Å². The van der Waals surface area contributed by atoms with Gasteiger partial charge in [-0.25, -0.2) is 4.98 Å². The van der Waals surface area contributed by atoms with Crippen LogP contribution in [0.15, 0.2) is 54.0 Å². The van der Waals surface area contributed by atoms with E-state index in [1.807, 2.05) is 29.0 Å². The van der Waals surface area contributed by atoms with Crippen molar-refractivity contribution in [2.45, 2.75) is 44.7 Å². The Morgan fingerprint density at radius 1 is 1.19 bits per heavy atom. The number of benzene rings is 1. The summed E-state index contributed by atoms with van der Waals surface area (Å²) in [6.45, 7) is 3.66. The third-order valence-corrected chi connectivity index (χ3v) is 7.30. The molecule has 0 aliphatic carbocycles. The van der Waals surface area contributed by atoms with E-state index in [0.717, 1.165) is 64.1 Å². The van der Waals surface area contributed by atoms with E-state index in [0.29, 0.717) is 16.7 Å². The molecule has 5 rings (SSSR count). The zero-order chi connectivity index (χ0) is 21.8. The van der Waals surface area contributed by atoms with Crippen LogP contribution in [-0.2, 0) is 11.3 Å². The number of anilines is 2. The Balaban J connectivity index is 1.20. The molecule has 7 heteroatoms. The monoisotopic (exact) mass is 450 g/mol. The molecule has 1 amide bonds. The van der Waals surface area contributed by atoms with Crippen molar-refractivity contribution >= 4 is 28.1 Å². The van der Waals surface area contributed by atoms with Crippen molar-refractivity contribution in [1.82, 2.24) is 9.55 Å². The molecule has 0 radical (unpaired) electrons. The van der Waals surface area contributed by atoms with Gasteiger partial charge in [0, 0.05) is 43.6 Å². The molecule has 1 N–H and O–H groups in total. The van der Waals surface area contributed by atoms with Crippen molar-refractivity contribution in [2.24, 2.45) is 5.92 Å². The standard InChI is InChI=1S/C25H30N4O2S/c30-24(23-11-5-14-28(23)13-4-7-19-12-16-31-17-19)27-25-26-21(18-32-25)22-10-6-15-29(22)20-8-2-1-3-9-20/h1-3,5,8-9,11,14,18-19,22H,4,6-7,10,12-13,15-17H2,(H,26,27,30). The number of aryl methyl sites for hydroxylation is 1. The van der Waals surface area contributed by atoms with Crippen LogP contribution in [0, 0.1) is 5.92 Å². The third-order valence-electron chi connectivity index (χ3n) is 6.52. The van der Waals surface area contributed by atoms with Gasteiger partial charge in [0.05, 0.1) is 11.7 Å². The molecule has 0 spiro atoms. The molecule has 2 fully saturated rings. The summed E-state index contributed by atoms with van der Waals surface area (Å²) in [5.41, 5.74) is 2.97. The second-order valence-electron chi connectivity index (χ2n) is 8.68. The van der Waals surface area contributed by atoms with Crippen molar-refractivity contribution in [3.05, 3.63) is 65.4 Å². The predicted molar refractivity (Wildman–Crippen MR) is 128 cm³/mol. The lowest BCUT2D eigenvalue weighted by Crippen LogP contribution is -2.22. The number of nitrogens with zero attached hydrogens (tertiary/aromatic N) is 3. The summed E-state index contributed by atoms with van der Waals surface area (Å²) in [5.74, 6) is 0.578. The van der Waals surface area contributed by atoms with E-state index in [4.69, 9.17) is 9.72 Å². The SMILES string of the molecule is O=C(Nc1nc(C2CCCN2c2ccccc2)cs1)c1cccn1CCCC1CCOC1. The molecule has 3 aromatic rings. The van der Waals surface area contributed by atoms with Crippen molar-refractivity contribution in [1.29, 1.82) is 0 Å². The fourth-order valence-electron chi connectivity index (χ4n) is 4.84. The zero-order valence-electron chi connectivity index (χ0n) is 18.3. The Hall–Kier alpha value is -2.64. The fraction of sp³-hybridized carbons (Fsp3) is 0.440. The van der Waals surface area contributed by atoms with Crippen LogP contribution in [-0.4, -0.2) is 35.2 Å². The predicted octanol–water partition coefficient (Wildman–Crippen LogP) is 5.36. The summed E-state index contributed by atoms with van der Waals surface area (Å²) in [6.07, 6.45) is 7.59. The number of carbonyl (C=O) groups is 1. The molecule has 2 aliphatic rings. The van der Waals surface area contributed by atoms with Crippen LogP contribution in [0.3, 0.4) is 0 Å². The first-order valence-electron chi connectivity index (χ1n) is 11.6. The van der Waals surface area contributed by atoms with Crippen LogP contribution in [0.25, 0.3) is 0 Å². The summed E-state index contributed by atoms with van der Waals surface area (Å²) >= 11 is 1.51. The summed E-state index contributed by atoms with van der Waals surface area (Å²) in [5, 5.41) is 5.78. The maximum absolute atomic E-state index is 12.9. The number of carbonyl (C=O) groups excluding carboxylic acids is 1. The molecule has 0 saturated carbocycles. The van der Waals surface area contributed by atoms with E-state index < -0.39 is 0 Å². The molecule has 168 valence electrons. The van der Waals surface area contributed by atoms with Crippen LogP contribution < -0.4 is 10.2 Å². The number of para-hydroxylation sites is 1. The lowest BCUT2D eigenvalue weighted by Gasteiger charge is -2.25. The average Bonchev–Trinajstić information content (AvgIpc) is 3.61. The Bertz CT molecular complexity index is 1030. The summed E-state index contributed by atoms with van der Waals surface area (Å²) in [4.78, 5) is 20.1. The van der Waals surface area contributed by atoms with Crippen LogP contribution in [0.4, 0.5) is 10.8 Å². The smallest absolute Gasteiger partial charge is 0.274 e. The molecule has 2 saturated heterocycles. The molecule has 2 aromatic heterocycles. The minimum Gasteiger partial charge on any atom is -0.381 e. The number of hydrogen-bond donors (Lipinski definition) is 1. The van der Waals surface area contributed by atoms with Crippen LogP contribution in [0.1, 0.15) is 54.3 Å². The Morgan fingerprint density at radius 3 is 2.94 bits per heavy atom. The van der Waals surface area contributed by atoms with Crippen LogP contribution >= 0.6 is 11.3 Å². The third kappa shape index (κ3) is 4.74. The van der Waals surface area contributed by atoms with Crippen molar-refractivity contribution in [2.75, 3.05) is 30.0 Å². The van der Waals surface area contributed by atoms with E-state index in [-0.39, 0.29) is 11.9 Å². The largest absolute Gasteiger partial charge is 0.381 e. The van der Waals surface area contributed by atoms with Gasteiger partial charge in [0.2, 0.25) is 0 Å². The van der Waals surface area contributed by atoms with Crippen LogP contribution in [0.2, 0.25) is 0 Å². The maximum Gasteiger partial charge on any atom is 0.274 e. The molecule has 2 atom stereocenters. The lowest BCUT2D eigenvalue weighted by molar-refractivity contribution is 0.101. The number of rotatable bonds is 8. The van der Waals surface area contributed by atoms with Gasteiger partial charge in [0.25, 0.3) is 5.91 Å². The molecule has 2 aliphatic heterocycles. The average molecular weight is 451 g/mol. The van der Waals surface area contributed by atoms with Crippen molar-refractivity contribution in [3.8, 4) is 0 Å². The van der Waals surface area contributed by atoms with Gasteiger partial charge in [-0.3, -0.25) is 10.1 Å². The Morgan fingerprint density at radius 2 is 2.09 bits per heavy atom. The summed E-state index contributed by atoms with van der Waals surface area (Å²) in [7, 11) is 0. The lowest BCUT2D eigenvalue weighted by atomic mass is 10.0. The highest BCUT2D eigenvalue weighted by Gasteiger charge is 2.28. The summed E-state index contributed by atoms with van der Waals surface area (Å²) < 4.78 is 7.51. The summed E-state index contributed by atoms with van der Waals surface area (Å²) in [6, 6.07) is 14.6. The van der Waals surface area contributed by atoms with E-state index in [9.17, 15) is 4.79 Å². The molecular weight excluding hydrogens is 420 g/mol. The number of hydrogen-bond acceptors (Lipinski definition) is 5. The minimum absolute atomic E-state index is 0.0913. The minimum atomic E-state index is -0.0913. The second kappa shape index (κ2) is 9.88. The zero-order valence-corrected chi connectivity index (χ0v) is 19.1. The van der Waals surface area contributed by atoms with E-state index in [2.05, 4.69) is 39.9 Å². The van der Waals surface area contributed by atoms with Gasteiger partial charge in [-0.15, -0.1) is 11.3 Å². The first-order chi connectivity index (χ1) is 15.8. The van der Waals surface area contributed by atoms with E-state index in [1.165, 1.54) is 17.0 Å². The quantitative estimate of drug-likeness (QED) is 0.502. The fourth-order valence-corrected chi connectivity index (χ4v) is 5.59. The molecule has 4 heterocycles. The van der Waals surface area contributed by atoms with Gasteiger partial charge in [-0.2, -0.15) is 0 Å². The topological polar surface area (TPSA) is 59.4 Å². The van der Waals surface area contributed by atoms with Gasteiger partial charge < -0.3 is 14.2 Å².